The Morgan fingerprint density at radius 3 is 2.36 bits per heavy atom. The lowest BCUT2D eigenvalue weighted by molar-refractivity contribution is 0.0978. The summed E-state index contributed by atoms with van der Waals surface area (Å²) in [5.41, 5.74) is 8.55. The standard InChI is InChI=1S/C24H19FN2O5S/c1-33(30,31)27-24(29)17-4-2-3-15(12-17)16-7-10-20-19(13-16)22(23(26)28)21(32-20)11-14-5-8-18(25)9-6-14/h2-10,12-13H,11H2,1H3,(H2,26,28)(H,27,29). The maximum absolute atomic E-state index is 13.2. The predicted octanol–water partition coefficient (Wildman–Crippen LogP) is 3.62. The van der Waals surface area contributed by atoms with E-state index in [1.807, 2.05) is 4.72 Å². The molecule has 0 saturated heterocycles. The van der Waals surface area contributed by atoms with Gasteiger partial charge in [-0.3, -0.25) is 9.59 Å². The summed E-state index contributed by atoms with van der Waals surface area (Å²) in [5, 5.41) is 0.503. The maximum atomic E-state index is 13.2. The van der Waals surface area contributed by atoms with Gasteiger partial charge >= 0.3 is 0 Å². The van der Waals surface area contributed by atoms with Crippen molar-refractivity contribution in [1.29, 1.82) is 0 Å². The van der Waals surface area contributed by atoms with Gasteiger partial charge in [0.15, 0.2) is 0 Å². The van der Waals surface area contributed by atoms with E-state index in [-0.39, 0.29) is 23.4 Å². The minimum atomic E-state index is -3.70. The molecule has 0 spiro atoms. The molecule has 4 aromatic rings. The Labute approximate surface area is 189 Å². The average Bonchev–Trinajstić information content (AvgIpc) is 3.11. The molecule has 0 bridgehead atoms. The first kappa shape index (κ1) is 22.2. The van der Waals surface area contributed by atoms with E-state index < -0.39 is 21.8 Å². The number of nitrogens with one attached hydrogen (secondary N) is 1. The van der Waals surface area contributed by atoms with Crippen molar-refractivity contribution >= 4 is 32.8 Å². The molecular weight excluding hydrogens is 447 g/mol. The molecule has 0 saturated carbocycles. The Balaban J connectivity index is 1.74. The van der Waals surface area contributed by atoms with Crippen LogP contribution >= 0.6 is 0 Å². The summed E-state index contributed by atoms with van der Waals surface area (Å²) in [6.45, 7) is 0. The average molecular weight is 466 g/mol. The van der Waals surface area contributed by atoms with Crippen LogP contribution in [0.3, 0.4) is 0 Å². The quantitative estimate of drug-likeness (QED) is 0.450. The second kappa shape index (κ2) is 8.51. The number of fused-ring (bicyclic) bond motifs is 1. The summed E-state index contributed by atoms with van der Waals surface area (Å²) in [6.07, 6.45) is 1.15. The molecule has 0 unspecified atom stereocenters. The van der Waals surface area contributed by atoms with Crippen molar-refractivity contribution in [3.8, 4) is 11.1 Å². The zero-order valence-corrected chi connectivity index (χ0v) is 18.3. The number of hydrogen-bond acceptors (Lipinski definition) is 5. The lowest BCUT2D eigenvalue weighted by atomic mass is 9.99. The van der Waals surface area contributed by atoms with Crippen molar-refractivity contribution in [3.05, 3.63) is 95.0 Å². The fraction of sp³-hybridized carbons (Fsp3) is 0.0833. The van der Waals surface area contributed by atoms with Crippen LogP contribution in [0, 0.1) is 5.82 Å². The monoisotopic (exact) mass is 466 g/mol. The van der Waals surface area contributed by atoms with E-state index in [4.69, 9.17) is 10.2 Å². The Hall–Kier alpha value is -3.98. The van der Waals surface area contributed by atoms with Crippen molar-refractivity contribution in [2.75, 3.05) is 6.26 Å². The van der Waals surface area contributed by atoms with Crippen LogP contribution in [0.25, 0.3) is 22.1 Å². The van der Waals surface area contributed by atoms with Crippen molar-refractivity contribution < 1.29 is 26.8 Å². The SMILES string of the molecule is CS(=O)(=O)NC(=O)c1cccc(-c2ccc3oc(Cc4ccc(F)cc4)c(C(N)=O)c3c2)c1. The topological polar surface area (TPSA) is 119 Å². The molecule has 33 heavy (non-hydrogen) atoms. The van der Waals surface area contributed by atoms with Gasteiger partial charge in [-0.05, 0) is 53.1 Å². The van der Waals surface area contributed by atoms with Gasteiger partial charge in [-0.15, -0.1) is 0 Å². The highest BCUT2D eigenvalue weighted by molar-refractivity contribution is 7.89. The largest absolute Gasteiger partial charge is 0.460 e. The molecule has 0 atom stereocenters. The minimum Gasteiger partial charge on any atom is -0.460 e. The molecule has 0 aliphatic carbocycles. The second-order valence-electron chi connectivity index (χ2n) is 7.56. The molecule has 9 heteroatoms. The van der Waals surface area contributed by atoms with Crippen LogP contribution in [0.5, 0.6) is 0 Å². The molecule has 0 aliphatic heterocycles. The first-order chi connectivity index (χ1) is 15.6. The predicted molar refractivity (Wildman–Crippen MR) is 122 cm³/mol. The van der Waals surface area contributed by atoms with E-state index >= 15 is 0 Å². The number of carbonyl (C=O) groups is 2. The number of halogens is 1. The normalized spacial score (nSPS) is 11.5. The molecular formula is C24H19FN2O5S. The lowest BCUT2D eigenvalue weighted by Crippen LogP contribution is -2.29. The van der Waals surface area contributed by atoms with E-state index in [2.05, 4.69) is 0 Å². The number of rotatable bonds is 6. The molecule has 1 heterocycles. The molecule has 3 N–H and O–H groups in total. The van der Waals surface area contributed by atoms with E-state index in [0.717, 1.165) is 11.8 Å². The van der Waals surface area contributed by atoms with Gasteiger partial charge in [-0.2, -0.15) is 0 Å². The van der Waals surface area contributed by atoms with Crippen LogP contribution in [-0.2, 0) is 16.4 Å². The van der Waals surface area contributed by atoms with Crippen molar-refractivity contribution in [2.45, 2.75) is 6.42 Å². The first-order valence-electron chi connectivity index (χ1n) is 9.83. The summed E-state index contributed by atoms with van der Waals surface area (Å²) in [7, 11) is -3.70. The van der Waals surface area contributed by atoms with Crippen LogP contribution in [0.1, 0.15) is 32.0 Å². The van der Waals surface area contributed by atoms with Crippen LogP contribution in [0.15, 0.2) is 71.1 Å². The van der Waals surface area contributed by atoms with Gasteiger partial charge in [-0.1, -0.05) is 30.3 Å². The number of hydrogen-bond donors (Lipinski definition) is 2. The summed E-state index contributed by atoms with van der Waals surface area (Å²) in [4.78, 5) is 24.5. The number of primary amides is 1. The highest BCUT2D eigenvalue weighted by Crippen LogP contribution is 2.32. The number of nitrogens with two attached hydrogens (primary N) is 1. The molecule has 1 aromatic heterocycles. The van der Waals surface area contributed by atoms with Crippen LogP contribution in [0.4, 0.5) is 4.39 Å². The van der Waals surface area contributed by atoms with E-state index in [1.165, 1.54) is 18.2 Å². The van der Waals surface area contributed by atoms with Crippen molar-refractivity contribution in [1.82, 2.24) is 4.72 Å². The Kier molecular flexibility index (Phi) is 5.73. The molecule has 3 aromatic carbocycles. The molecule has 4 rings (SSSR count). The number of benzene rings is 3. The number of amides is 2. The van der Waals surface area contributed by atoms with Crippen LogP contribution < -0.4 is 10.5 Å². The fourth-order valence-corrected chi connectivity index (χ4v) is 4.03. The lowest BCUT2D eigenvalue weighted by Gasteiger charge is -2.06. The zero-order chi connectivity index (χ0) is 23.8. The molecule has 2 amide bonds. The van der Waals surface area contributed by atoms with Gasteiger partial charge < -0.3 is 10.2 Å². The van der Waals surface area contributed by atoms with E-state index in [9.17, 15) is 22.4 Å². The summed E-state index contributed by atoms with van der Waals surface area (Å²) in [6, 6.07) is 17.4. The van der Waals surface area contributed by atoms with E-state index in [1.54, 1.807) is 48.5 Å². The van der Waals surface area contributed by atoms with Gasteiger partial charge in [-0.25, -0.2) is 17.5 Å². The minimum absolute atomic E-state index is 0.164. The summed E-state index contributed by atoms with van der Waals surface area (Å²) in [5.74, 6) is -1.41. The highest BCUT2D eigenvalue weighted by Gasteiger charge is 2.20. The van der Waals surface area contributed by atoms with Crippen LogP contribution in [-0.4, -0.2) is 26.5 Å². The summed E-state index contributed by atoms with van der Waals surface area (Å²) >= 11 is 0. The molecule has 0 aliphatic rings. The van der Waals surface area contributed by atoms with Gasteiger partial charge in [0.2, 0.25) is 10.0 Å². The van der Waals surface area contributed by atoms with Gasteiger partial charge in [0, 0.05) is 17.4 Å². The molecule has 0 radical (unpaired) electrons. The third kappa shape index (κ3) is 4.93. The third-order valence-corrected chi connectivity index (χ3v) is 5.58. The molecule has 168 valence electrons. The molecule has 7 nitrogen and oxygen atoms in total. The number of carbonyl (C=O) groups excluding carboxylic acids is 2. The first-order valence-corrected chi connectivity index (χ1v) is 11.7. The third-order valence-electron chi connectivity index (χ3n) is 5.02. The van der Waals surface area contributed by atoms with Gasteiger partial charge in [0.1, 0.15) is 17.2 Å². The van der Waals surface area contributed by atoms with Crippen molar-refractivity contribution in [3.63, 3.8) is 0 Å². The Morgan fingerprint density at radius 1 is 1.00 bits per heavy atom. The van der Waals surface area contributed by atoms with E-state index in [0.29, 0.717) is 27.9 Å². The summed E-state index contributed by atoms with van der Waals surface area (Å²) < 4.78 is 43.7. The molecule has 0 fully saturated rings. The zero-order valence-electron chi connectivity index (χ0n) is 17.5. The van der Waals surface area contributed by atoms with Gasteiger partial charge in [0.05, 0.1) is 11.8 Å². The fourth-order valence-electron chi connectivity index (χ4n) is 3.58. The number of furan rings is 1. The highest BCUT2D eigenvalue weighted by atomic mass is 32.2. The second-order valence-corrected chi connectivity index (χ2v) is 9.31. The maximum Gasteiger partial charge on any atom is 0.264 e. The van der Waals surface area contributed by atoms with Crippen LogP contribution in [0.2, 0.25) is 0 Å². The van der Waals surface area contributed by atoms with Gasteiger partial charge in [0.25, 0.3) is 11.8 Å². The number of sulfonamides is 1. The Morgan fingerprint density at radius 2 is 1.70 bits per heavy atom. The Bertz CT molecular complexity index is 1490. The van der Waals surface area contributed by atoms with Crippen molar-refractivity contribution in [2.24, 2.45) is 5.73 Å². The smallest absolute Gasteiger partial charge is 0.264 e.